The summed E-state index contributed by atoms with van der Waals surface area (Å²) in [5, 5.41) is 3.30. The molecular weight excluding hydrogens is 348 g/mol. The zero-order valence-corrected chi connectivity index (χ0v) is 15.9. The van der Waals surface area contributed by atoms with Crippen molar-refractivity contribution in [2.75, 3.05) is 6.54 Å². The summed E-state index contributed by atoms with van der Waals surface area (Å²) in [6, 6.07) is 0. The second kappa shape index (κ2) is 7.31. The number of thiazole rings is 1. The fourth-order valence-electron chi connectivity index (χ4n) is 3.95. The van der Waals surface area contributed by atoms with Crippen LogP contribution in [0.1, 0.15) is 66.9 Å². The van der Waals surface area contributed by atoms with Gasteiger partial charge >= 0.3 is 0 Å². The van der Waals surface area contributed by atoms with E-state index in [1.165, 1.54) is 37.1 Å². The van der Waals surface area contributed by atoms with Gasteiger partial charge in [-0.05, 0) is 19.3 Å². The van der Waals surface area contributed by atoms with Crippen LogP contribution in [0.2, 0.25) is 0 Å². The Bertz CT molecular complexity index is 867. The molecule has 1 aliphatic heterocycles. The Morgan fingerprint density at radius 3 is 2.88 bits per heavy atom. The average Bonchev–Trinajstić information content (AvgIpc) is 3.13. The second-order valence-electron chi connectivity index (χ2n) is 7.31. The first kappa shape index (κ1) is 17.4. The maximum absolute atomic E-state index is 12.8. The quantitative estimate of drug-likeness (QED) is 0.831. The van der Waals surface area contributed by atoms with Crippen molar-refractivity contribution in [1.29, 1.82) is 0 Å². The van der Waals surface area contributed by atoms with Crippen LogP contribution in [0.25, 0.3) is 0 Å². The van der Waals surface area contributed by atoms with E-state index in [1.807, 2.05) is 0 Å². The normalized spacial score (nSPS) is 18.0. The minimum Gasteiger partial charge on any atom is -0.337 e. The van der Waals surface area contributed by atoms with Crippen molar-refractivity contribution >= 4 is 17.2 Å². The van der Waals surface area contributed by atoms with Gasteiger partial charge < -0.3 is 4.90 Å². The Balaban J connectivity index is 1.52. The Morgan fingerprint density at radius 2 is 2.12 bits per heavy atom. The van der Waals surface area contributed by atoms with Crippen LogP contribution in [-0.2, 0) is 24.3 Å². The number of aromatic nitrogens is 3. The summed E-state index contributed by atoms with van der Waals surface area (Å²) >= 11 is 1.72. The Hall–Kier alpha value is -2.02. The molecule has 0 atom stereocenters. The first-order chi connectivity index (χ1) is 12.6. The van der Waals surface area contributed by atoms with Gasteiger partial charge in [-0.15, -0.1) is 11.3 Å². The first-order valence-electron chi connectivity index (χ1n) is 9.39. The van der Waals surface area contributed by atoms with E-state index in [9.17, 15) is 9.59 Å². The number of carbonyl (C=O) groups is 1. The van der Waals surface area contributed by atoms with Crippen molar-refractivity contribution in [1.82, 2.24) is 19.4 Å². The number of fused-ring (bicyclic) bond motifs is 1. The van der Waals surface area contributed by atoms with Crippen LogP contribution in [0.15, 0.2) is 16.5 Å². The van der Waals surface area contributed by atoms with E-state index >= 15 is 0 Å². The molecule has 0 radical (unpaired) electrons. The molecule has 1 saturated carbocycles. The number of amides is 1. The highest BCUT2D eigenvalue weighted by Gasteiger charge is 2.23. The molecule has 1 aliphatic carbocycles. The van der Waals surface area contributed by atoms with Gasteiger partial charge in [-0.2, -0.15) is 0 Å². The van der Waals surface area contributed by atoms with Crippen LogP contribution in [0.4, 0.5) is 0 Å². The molecule has 26 heavy (non-hydrogen) atoms. The number of rotatable bonds is 3. The lowest BCUT2D eigenvalue weighted by molar-refractivity contribution is -0.129. The van der Waals surface area contributed by atoms with Gasteiger partial charge in [0.1, 0.15) is 0 Å². The van der Waals surface area contributed by atoms with Crippen LogP contribution < -0.4 is 5.56 Å². The van der Waals surface area contributed by atoms with E-state index in [-0.39, 0.29) is 11.5 Å². The lowest BCUT2D eigenvalue weighted by Crippen LogP contribution is -2.39. The molecule has 0 unspecified atom stereocenters. The number of hydrogen-bond donors (Lipinski definition) is 0. The molecule has 6 nitrogen and oxygen atoms in total. The molecule has 1 amide bonds. The molecule has 0 aromatic carbocycles. The fourth-order valence-corrected chi connectivity index (χ4v) is 4.93. The molecule has 138 valence electrons. The third kappa shape index (κ3) is 3.45. The zero-order chi connectivity index (χ0) is 18.1. The Morgan fingerprint density at radius 1 is 1.31 bits per heavy atom. The lowest BCUT2D eigenvalue weighted by atomic mass is 9.90. The van der Waals surface area contributed by atoms with Gasteiger partial charge in [0.2, 0.25) is 5.91 Å². The SMILES string of the molecule is CC(=O)N1CCc2c(ncn(Cc3csc(C4CCCCC4)n3)c2=O)C1. The summed E-state index contributed by atoms with van der Waals surface area (Å²) in [4.78, 5) is 35.3. The minimum absolute atomic E-state index is 0.00502. The number of carbonyl (C=O) groups excluding carboxylic acids is 1. The standard InChI is InChI=1S/C19H24N4O2S/c1-13(24)22-8-7-16-17(10-22)20-12-23(19(16)25)9-15-11-26-18(21-15)14-5-3-2-4-6-14/h11-12,14H,2-10H2,1H3. The van der Waals surface area contributed by atoms with Crippen molar-refractivity contribution in [3.05, 3.63) is 44.0 Å². The van der Waals surface area contributed by atoms with Gasteiger partial charge in [-0.25, -0.2) is 9.97 Å². The maximum Gasteiger partial charge on any atom is 0.257 e. The van der Waals surface area contributed by atoms with Crippen LogP contribution in [0.5, 0.6) is 0 Å². The maximum atomic E-state index is 12.8. The van der Waals surface area contributed by atoms with Crippen molar-refractivity contribution in [2.45, 2.75) is 64.5 Å². The molecule has 2 aliphatic rings. The summed E-state index contributed by atoms with van der Waals surface area (Å²) in [5.41, 5.74) is 2.42. The van der Waals surface area contributed by atoms with Crippen LogP contribution in [0, 0.1) is 0 Å². The van der Waals surface area contributed by atoms with Gasteiger partial charge in [-0.1, -0.05) is 19.3 Å². The topological polar surface area (TPSA) is 68.1 Å². The number of hydrogen-bond acceptors (Lipinski definition) is 5. The highest BCUT2D eigenvalue weighted by atomic mass is 32.1. The van der Waals surface area contributed by atoms with E-state index in [1.54, 1.807) is 34.1 Å². The van der Waals surface area contributed by atoms with E-state index in [0.717, 1.165) is 17.0 Å². The van der Waals surface area contributed by atoms with Gasteiger partial charge in [0.05, 0.1) is 35.8 Å². The number of nitrogens with zero attached hydrogens (tertiary/aromatic N) is 4. The van der Waals surface area contributed by atoms with Crippen molar-refractivity contribution in [3.63, 3.8) is 0 Å². The summed E-state index contributed by atoms with van der Waals surface area (Å²) in [7, 11) is 0. The predicted octanol–water partition coefficient (Wildman–Crippen LogP) is 2.70. The summed E-state index contributed by atoms with van der Waals surface area (Å²) in [6.45, 7) is 3.05. The molecule has 2 aromatic rings. The molecule has 7 heteroatoms. The van der Waals surface area contributed by atoms with Gasteiger partial charge in [-0.3, -0.25) is 14.2 Å². The molecule has 4 rings (SSSR count). The molecule has 0 N–H and O–H groups in total. The highest BCUT2D eigenvalue weighted by Crippen LogP contribution is 2.34. The third-order valence-electron chi connectivity index (χ3n) is 5.49. The van der Waals surface area contributed by atoms with E-state index < -0.39 is 0 Å². The first-order valence-corrected chi connectivity index (χ1v) is 10.3. The summed E-state index contributed by atoms with van der Waals surface area (Å²) in [5.74, 6) is 0.623. The fraction of sp³-hybridized carbons (Fsp3) is 0.579. The zero-order valence-electron chi connectivity index (χ0n) is 15.1. The third-order valence-corrected chi connectivity index (χ3v) is 6.55. The molecule has 0 bridgehead atoms. The largest absolute Gasteiger partial charge is 0.337 e. The molecular formula is C19H24N4O2S. The van der Waals surface area contributed by atoms with Crippen molar-refractivity contribution in [2.24, 2.45) is 0 Å². The Kier molecular flexibility index (Phi) is 4.89. The van der Waals surface area contributed by atoms with E-state index in [4.69, 9.17) is 4.98 Å². The molecule has 1 fully saturated rings. The van der Waals surface area contributed by atoms with Crippen molar-refractivity contribution in [3.8, 4) is 0 Å². The van der Waals surface area contributed by atoms with Crippen LogP contribution in [-0.4, -0.2) is 31.9 Å². The molecule has 0 saturated heterocycles. The molecule has 2 aromatic heterocycles. The van der Waals surface area contributed by atoms with Gasteiger partial charge in [0.15, 0.2) is 0 Å². The second-order valence-corrected chi connectivity index (χ2v) is 8.20. The van der Waals surface area contributed by atoms with Gasteiger partial charge in [0, 0.05) is 30.3 Å². The van der Waals surface area contributed by atoms with E-state index in [2.05, 4.69) is 10.4 Å². The monoisotopic (exact) mass is 372 g/mol. The van der Waals surface area contributed by atoms with E-state index in [0.29, 0.717) is 32.0 Å². The minimum atomic E-state index is 0.00502. The summed E-state index contributed by atoms with van der Waals surface area (Å²) in [6.07, 6.45) is 8.58. The summed E-state index contributed by atoms with van der Waals surface area (Å²) < 4.78 is 1.65. The average molecular weight is 372 g/mol. The Labute approximate surface area is 156 Å². The van der Waals surface area contributed by atoms with Crippen LogP contribution in [0.3, 0.4) is 0 Å². The predicted molar refractivity (Wildman–Crippen MR) is 100 cm³/mol. The lowest BCUT2D eigenvalue weighted by Gasteiger charge is -2.26. The molecule has 3 heterocycles. The smallest absolute Gasteiger partial charge is 0.257 e. The van der Waals surface area contributed by atoms with Crippen LogP contribution >= 0.6 is 11.3 Å². The van der Waals surface area contributed by atoms with Crippen molar-refractivity contribution < 1.29 is 4.79 Å². The molecule has 0 spiro atoms. The van der Waals surface area contributed by atoms with Gasteiger partial charge in [0.25, 0.3) is 5.56 Å². The highest BCUT2D eigenvalue weighted by molar-refractivity contribution is 7.09.